The van der Waals surface area contributed by atoms with Crippen molar-refractivity contribution < 1.29 is 9.53 Å². The SMILES string of the molecule is Cc1ccc2c(c1)C(NC(=O)C1CC1)CC(C)(C)O2. The molecule has 1 amide bonds. The van der Waals surface area contributed by atoms with Crippen LogP contribution in [0.5, 0.6) is 5.75 Å². The van der Waals surface area contributed by atoms with Crippen LogP contribution in [0.3, 0.4) is 0 Å². The van der Waals surface area contributed by atoms with Gasteiger partial charge in [0.05, 0.1) is 6.04 Å². The minimum atomic E-state index is -0.232. The van der Waals surface area contributed by atoms with Crippen molar-refractivity contribution in [3.05, 3.63) is 29.3 Å². The molecule has 19 heavy (non-hydrogen) atoms. The number of amides is 1. The molecule has 102 valence electrons. The molecule has 1 fully saturated rings. The third kappa shape index (κ3) is 2.60. The maximum atomic E-state index is 12.0. The maximum Gasteiger partial charge on any atom is 0.223 e. The summed E-state index contributed by atoms with van der Waals surface area (Å²) in [5.74, 6) is 1.36. The number of ether oxygens (including phenoxy) is 1. The standard InChI is InChI=1S/C16H21NO2/c1-10-4-7-14-12(8-10)13(9-16(2,3)19-14)17-15(18)11-5-6-11/h4,7-8,11,13H,5-6,9H2,1-3H3,(H,17,18). The molecule has 0 bridgehead atoms. The number of carbonyl (C=O) groups is 1. The first-order chi connectivity index (χ1) is 8.94. The lowest BCUT2D eigenvalue weighted by atomic mass is 9.89. The van der Waals surface area contributed by atoms with Gasteiger partial charge in [-0.1, -0.05) is 17.7 Å². The summed E-state index contributed by atoms with van der Waals surface area (Å²) in [6.07, 6.45) is 2.90. The summed E-state index contributed by atoms with van der Waals surface area (Å²) in [5.41, 5.74) is 2.09. The van der Waals surface area contributed by atoms with Crippen LogP contribution in [0.1, 0.15) is 50.3 Å². The van der Waals surface area contributed by atoms with E-state index >= 15 is 0 Å². The molecule has 1 unspecified atom stereocenters. The Morgan fingerprint density at radius 2 is 2.11 bits per heavy atom. The van der Waals surface area contributed by atoms with Crippen LogP contribution in [0.15, 0.2) is 18.2 Å². The third-order valence-electron chi connectivity index (χ3n) is 3.89. The second-order valence-electron chi connectivity index (χ2n) is 6.44. The number of hydrogen-bond donors (Lipinski definition) is 1. The van der Waals surface area contributed by atoms with Crippen molar-refractivity contribution in [3.8, 4) is 5.75 Å². The maximum absolute atomic E-state index is 12.0. The highest BCUT2D eigenvalue weighted by atomic mass is 16.5. The smallest absolute Gasteiger partial charge is 0.223 e. The third-order valence-corrected chi connectivity index (χ3v) is 3.89. The van der Waals surface area contributed by atoms with E-state index in [2.05, 4.69) is 38.2 Å². The van der Waals surface area contributed by atoms with E-state index in [0.717, 1.165) is 30.6 Å². The van der Waals surface area contributed by atoms with Gasteiger partial charge >= 0.3 is 0 Å². The lowest BCUT2D eigenvalue weighted by Crippen LogP contribution is -2.41. The molecular formula is C16H21NO2. The van der Waals surface area contributed by atoms with Crippen molar-refractivity contribution >= 4 is 5.91 Å². The number of rotatable bonds is 2. The van der Waals surface area contributed by atoms with Crippen molar-refractivity contribution in [2.75, 3.05) is 0 Å². The molecule has 0 aromatic heterocycles. The van der Waals surface area contributed by atoms with Gasteiger partial charge in [-0.25, -0.2) is 0 Å². The van der Waals surface area contributed by atoms with E-state index in [1.165, 1.54) is 5.56 Å². The van der Waals surface area contributed by atoms with Gasteiger partial charge in [-0.05, 0) is 39.7 Å². The van der Waals surface area contributed by atoms with Gasteiger partial charge in [-0.3, -0.25) is 4.79 Å². The fraction of sp³-hybridized carbons (Fsp3) is 0.562. The summed E-state index contributed by atoms with van der Waals surface area (Å²) < 4.78 is 6.01. The summed E-state index contributed by atoms with van der Waals surface area (Å²) in [6.45, 7) is 6.22. The number of aryl methyl sites for hydroxylation is 1. The highest BCUT2D eigenvalue weighted by molar-refractivity contribution is 5.81. The largest absolute Gasteiger partial charge is 0.487 e. The number of benzene rings is 1. The molecule has 0 spiro atoms. The van der Waals surface area contributed by atoms with Gasteiger partial charge in [0.15, 0.2) is 0 Å². The van der Waals surface area contributed by atoms with Crippen LogP contribution in [-0.2, 0) is 4.79 Å². The topological polar surface area (TPSA) is 38.3 Å². The Labute approximate surface area is 114 Å². The van der Waals surface area contributed by atoms with Gasteiger partial charge in [0.1, 0.15) is 11.4 Å². The monoisotopic (exact) mass is 259 g/mol. The average Bonchev–Trinajstić information content (AvgIpc) is 3.13. The number of hydrogen-bond acceptors (Lipinski definition) is 2. The molecule has 1 atom stereocenters. The zero-order valence-corrected chi connectivity index (χ0v) is 11.8. The summed E-state index contributed by atoms with van der Waals surface area (Å²) >= 11 is 0. The van der Waals surface area contributed by atoms with Crippen LogP contribution in [0.4, 0.5) is 0 Å². The van der Waals surface area contributed by atoms with Gasteiger partial charge in [-0.15, -0.1) is 0 Å². The van der Waals surface area contributed by atoms with Gasteiger partial charge in [-0.2, -0.15) is 0 Å². The summed E-state index contributed by atoms with van der Waals surface area (Å²) in [7, 11) is 0. The molecule has 1 N–H and O–H groups in total. The molecule has 2 aliphatic rings. The highest BCUT2D eigenvalue weighted by Gasteiger charge is 2.37. The van der Waals surface area contributed by atoms with Crippen molar-refractivity contribution in [1.29, 1.82) is 0 Å². The summed E-state index contributed by atoms with van der Waals surface area (Å²) in [4.78, 5) is 12.0. The molecule has 1 aliphatic carbocycles. The van der Waals surface area contributed by atoms with Crippen LogP contribution < -0.4 is 10.1 Å². The van der Waals surface area contributed by atoms with E-state index in [0.29, 0.717) is 0 Å². The Bertz CT molecular complexity index is 517. The molecule has 1 aromatic carbocycles. The minimum absolute atomic E-state index is 0.0757. The Morgan fingerprint density at radius 3 is 2.79 bits per heavy atom. The van der Waals surface area contributed by atoms with E-state index in [-0.39, 0.29) is 23.5 Å². The van der Waals surface area contributed by atoms with Crippen LogP contribution in [0, 0.1) is 12.8 Å². The second kappa shape index (κ2) is 4.26. The summed E-state index contributed by atoms with van der Waals surface area (Å²) in [6, 6.07) is 6.27. The normalized spacial score (nSPS) is 24.3. The van der Waals surface area contributed by atoms with E-state index < -0.39 is 0 Å². The Hall–Kier alpha value is -1.51. The molecule has 1 aliphatic heterocycles. The lowest BCUT2D eigenvalue weighted by Gasteiger charge is -2.38. The minimum Gasteiger partial charge on any atom is -0.487 e. The van der Waals surface area contributed by atoms with Gasteiger partial charge in [0, 0.05) is 17.9 Å². The quantitative estimate of drug-likeness (QED) is 0.886. The van der Waals surface area contributed by atoms with E-state index in [9.17, 15) is 4.79 Å². The second-order valence-corrected chi connectivity index (χ2v) is 6.44. The first-order valence-corrected chi connectivity index (χ1v) is 7.04. The average molecular weight is 259 g/mol. The highest BCUT2D eigenvalue weighted by Crippen LogP contribution is 2.40. The molecule has 3 nitrogen and oxygen atoms in total. The number of fused-ring (bicyclic) bond motifs is 1. The molecule has 1 aromatic rings. The zero-order valence-electron chi connectivity index (χ0n) is 11.8. The number of carbonyl (C=O) groups excluding carboxylic acids is 1. The predicted molar refractivity (Wildman–Crippen MR) is 74.1 cm³/mol. The van der Waals surface area contributed by atoms with Crippen molar-refractivity contribution in [2.45, 2.75) is 51.7 Å². The predicted octanol–water partition coefficient (Wildman–Crippen LogP) is 3.12. The van der Waals surface area contributed by atoms with Crippen molar-refractivity contribution in [2.24, 2.45) is 5.92 Å². The Balaban J connectivity index is 1.89. The molecule has 3 heteroatoms. The van der Waals surface area contributed by atoms with Crippen LogP contribution in [0.2, 0.25) is 0 Å². The molecule has 0 radical (unpaired) electrons. The van der Waals surface area contributed by atoms with Crippen LogP contribution >= 0.6 is 0 Å². The van der Waals surface area contributed by atoms with E-state index in [4.69, 9.17) is 4.74 Å². The zero-order chi connectivity index (χ0) is 13.6. The van der Waals surface area contributed by atoms with Crippen LogP contribution in [0.25, 0.3) is 0 Å². The first kappa shape index (κ1) is 12.5. The number of nitrogens with one attached hydrogen (secondary N) is 1. The van der Waals surface area contributed by atoms with E-state index in [1.54, 1.807) is 0 Å². The molecule has 1 heterocycles. The molecule has 1 saturated carbocycles. The Kier molecular flexibility index (Phi) is 2.80. The molecule has 3 rings (SSSR count). The fourth-order valence-corrected chi connectivity index (χ4v) is 2.74. The van der Waals surface area contributed by atoms with Gasteiger partial charge < -0.3 is 10.1 Å². The fourth-order valence-electron chi connectivity index (χ4n) is 2.74. The van der Waals surface area contributed by atoms with E-state index in [1.807, 2.05) is 6.07 Å². The molecular weight excluding hydrogens is 238 g/mol. The van der Waals surface area contributed by atoms with Gasteiger partial charge in [0.2, 0.25) is 5.91 Å². The van der Waals surface area contributed by atoms with Crippen molar-refractivity contribution in [3.63, 3.8) is 0 Å². The molecule has 0 saturated heterocycles. The lowest BCUT2D eigenvalue weighted by molar-refractivity contribution is -0.123. The van der Waals surface area contributed by atoms with Gasteiger partial charge in [0.25, 0.3) is 0 Å². The summed E-state index contributed by atoms with van der Waals surface area (Å²) in [5, 5.41) is 3.20. The van der Waals surface area contributed by atoms with Crippen LogP contribution in [-0.4, -0.2) is 11.5 Å². The Morgan fingerprint density at radius 1 is 1.37 bits per heavy atom. The first-order valence-electron chi connectivity index (χ1n) is 7.04. The van der Waals surface area contributed by atoms with Crippen molar-refractivity contribution in [1.82, 2.24) is 5.32 Å².